The molecule has 3 aromatic rings. The quantitative estimate of drug-likeness (QED) is 0.475. The van der Waals surface area contributed by atoms with Gasteiger partial charge in [-0.2, -0.15) is 4.80 Å². The van der Waals surface area contributed by atoms with Crippen LogP contribution in [0.25, 0.3) is 11.4 Å². The predicted octanol–water partition coefficient (Wildman–Crippen LogP) is 3.04. The zero-order valence-corrected chi connectivity index (χ0v) is 19.1. The van der Waals surface area contributed by atoms with E-state index in [-0.39, 0.29) is 36.5 Å². The number of carbonyl (C=O) groups excluding carboxylic acids is 2. The van der Waals surface area contributed by atoms with Gasteiger partial charge in [0.05, 0.1) is 12.8 Å². The van der Waals surface area contributed by atoms with Gasteiger partial charge >= 0.3 is 0 Å². The van der Waals surface area contributed by atoms with Crippen molar-refractivity contribution in [2.75, 3.05) is 6.54 Å². The van der Waals surface area contributed by atoms with Crippen LogP contribution in [0.15, 0.2) is 47.1 Å². The molecule has 0 spiro atoms. The molecule has 176 valence electrons. The van der Waals surface area contributed by atoms with Crippen LogP contribution in [0.3, 0.4) is 0 Å². The minimum atomic E-state index is -0.671. The second kappa shape index (κ2) is 11.3. The van der Waals surface area contributed by atoms with Crippen molar-refractivity contribution in [3.63, 3.8) is 0 Å². The van der Waals surface area contributed by atoms with Crippen molar-refractivity contribution in [2.45, 2.75) is 52.7 Å². The number of aromatic nitrogens is 4. The lowest BCUT2D eigenvalue weighted by atomic mass is 10.1. The maximum Gasteiger partial charge on any atom is 0.247 e. The van der Waals surface area contributed by atoms with Gasteiger partial charge in [0.1, 0.15) is 24.2 Å². The molecule has 2 aromatic heterocycles. The average molecular weight is 457 g/mol. The highest BCUT2D eigenvalue weighted by Gasteiger charge is 2.29. The Bertz CT molecular complexity index is 1030. The molecule has 10 heteroatoms. The number of nitrogens with zero attached hydrogens (tertiary/aromatic N) is 5. The molecule has 0 radical (unpaired) electrons. The van der Waals surface area contributed by atoms with Gasteiger partial charge < -0.3 is 14.6 Å². The van der Waals surface area contributed by atoms with Gasteiger partial charge in [-0.1, -0.05) is 20.8 Å². The first-order chi connectivity index (χ1) is 15.9. The van der Waals surface area contributed by atoms with Crippen LogP contribution in [-0.2, 0) is 22.7 Å². The van der Waals surface area contributed by atoms with Gasteiger partial charge in [-0.15, -0.1) is 10.2 Å². The summed E-state index contributed by atoms with van der Waals surface area (Å²) in [6, 6.07) is 8.49. The molecule has 33 heavy (non-hydrogen) atoms. The number of rotatable bonds is 11. The molecule has 1 aromatic carbocycles. The van der Waals surface area contributed by atoms with Gasteiger partial charge in [-0.3, -0.25) is 9.59 Å². The van der Waals surface area contributed by atoms with Crippen LogP contribution >= 0.6 is 0 Å². The third kappa shape index (κ3) is 6.71. The SMILES string of the molecule is CC[C@@H](C(=O)NCCC(C)C)N(Cc1ccco1)C(=O)Cn1nnc(-c2ccc(F)cc2)n1. The maximum absolute atomic E-state index is 13.2. The largest absolute Gasteiger partial charge is 0.467 e. The van der Waals surface area contributed by atoms with Gasteiger partial charge in [0.25, 0.3) is 0 Å². The predicted molar refractivity (Wildman–Crippen MR) is 119 cm³/mol. The lowest BCUT2D eigenvalue weighted by molar-refractivity contribution is -0.142. The minimum absolute atomic E-state index is 0.140. The highest BCUT2D eigenvalue weighted by Crippen LogP contribution is 2.16. The number of benzene rings is 1. The zero-order valence-electron chi connectivity index (χ0n) is 19.1. The van der Waals surface area contributed by atoms with Crippen molar-refractivity contribution in [1.29, 1.82) is 0 Å². The monoisotopic (exact) mass is 456 g/mol. The molecule has 9 nitrogen and oxygen atoms in total. The molecule has 3 rings (SSSR count). The highest BCUT2D eigenvalue weighted by atomic mass is 19.1. The Morgan fingerprint density at radius 2 is 1.97 bits per heavy atom. The van der Waals surface area contributed by atoms with Crippen molar-refractivity contribution in [3.05, 3.63) is 54.2 Å². The summed E-state index contributed by atoms with van der Waals surface area (Å²) >= 11 is 0. The van der Waals surface area contributed by atoms with E-state index in [1.807, 2.05) is 6.92 Å². The molecule has 0 bridgehead atoms. The molecule has 0 aliphatic heterocycles. The smallest absolute Gasteiger partial charge is 0.247 e. The number of nitrogens with one attached hydrogen (secondary N) is 1. The number of amides is 2. The van der Waals surface area contributed by atoms with Crippen LogP contribution in [0.2, 0.25) is 0 Å². The van der Waals surface area contributed by atoms with Crippen LogP contribution in [0.5, 0.6) is 0 Å². The summed E-state index contributed by atoms with van der Waals surface area (Å²) in [6.45, 7) is 6.51. The van der Waals surface area contributed by atoms with E-state index >= 15 is 0 Å². The average Bonchev–Trinajstić information content (AvgIpc) is 3.46. The third-order valence-corrected chi connectivity index (χ3v) is 5.15. The van der Waals surface area contributed by atoms with Gasteiger partial charge in [-0.05, 0) is 60.4 Å². The van der Waals surface area contributed by atoms with Gasteiger partial charge in [-0.25, -0.2) is 4.39 Å². The summed E-state index contributed by atoms with van der Waals surface area (Å²) in [5.41, 5.74) is 0.582. The normalized spacial score (nSPS) is 12.0. The number of furan rings is 1. The number of tetrazole rings is 1. The lowest BCUT2D eigenvalue weighted by Crippen LogP contribution is -2.50. The maximum atomic E-state index is 13.2. The van der Waals surface area contributed by atoms with Crippen LogP contribution in [0.4, 0.5) is 4.39 Å². The summed E-state index contributed by atoms with van der Waals surface area (Å²) in [4.78, 5) is 28.8. The van der Waals surface area contributed by atoms with Gasteiger partial charge in [0.15, 0.2) is 0 Å². The molecule has 0 saturated heterocycles. The molecule has 0 unspecified atom stereocenters. The van der Waals surface area contributed by atoms with Crippen molar-refractivity contribution in [3.8, 4) is 11.4 Å². The van der Waals surface area contributed by atoms with Crippen molar-refractivity contribution < 1.29 is 18.4 Å². The highest BCUT2D eigenvalue weighted by molar-refractivity contribution is 5.87. The molecule has 2 amide bonds. The van der Waals surface area contributed by atoms with Crippen molar-refractivity contribution in [1.82, 2.24) is 30.4 Å². The standard InChI is InChI=1S/C23H29FN6O3/c1-4-20(23(32)25-12-11-16(2)3)29(14-19-6-5-13-33-19)21(31)15-30-27-22(26-28-30)17-7-9-18(24)10-8-17/h5-10,13,16,20H,4,11-12,14-15H2,1-3H3,(H,25,32)/t20-/m0/s1. The second-order valence-corrected chi connectivity index (χ2v) is 8.15. The summed E-state index contributed by atoms with van der Waals surface area (Å²) in [5.74, 6) is 0.373. The van der Waals surface area contributed by atoms with E-state index in [4.69, 9.17) is 4.42 Å². The van der Waals surface area contributed by atoms with Crippen LogP contribution in [0.1, 0.15) is 39.4 Å². The van der Waals surface area contributed by atoms with E-state index < -0.39 is 6.04 Å². The molecular formula is C23H29FN6O3. The van der Waals surface area contributed by atoms with Crippen LogP contribution in [-0.4, -0.2) is 49.5 Å². The Kier molecular flexibility index (Phi) is 8.28. The van der Waals surface area contributed by atoms with E-state index in [1.165, 1.54) is 40.2 Å². The molecule has 0 aliphatic carbocycles. The Morgan fingerprint density at radius 3 is 2.61 bits per heavy atom. The molecule has 0 saturated carbocycles. The fourth-order valence-corrected chi connectivity index (χ4v) is 3.33. The number of hydrogen-bond donors (Lipinski definition) is 1. The summed E-state index contributed by atoms with van der Waals surface area (Å²) in [7, 11) is 0. The zero-order chi connectivity index (χ0) is 23.8. The van der Waals surface area contributed by atoms with Crippen molar-refractivity contribution >= 4 is 11.8 Å². The van der Waals surface area contributed by atoms with Crippen LogP contribution in [0, 0.1) is 11.7 Å². The van der Waals surface area contributed by atoms with Gasteiger partial charge in [0, 0.05) is 12.1 Å². The van der Waals surface area contributed by atoms with Crippen LogP contribution < -0.4 is 5.32 Å². The Balaban J connectivity index is 1.75. The summed E-state index contributed by atoms with van der Waals surface area (Å²) < 4.78 is 18.6. The fraction of sp³-hybridized carbons (Fsp3) is 0.435. The van der Waals surface area contributed by atoms with E-state index in [0.29, 0.717) is 30.2 Å². The summed E-state index contributed by atoms with van der Waals surface area (Å²) in [6.07, 6.45) is 2.81. The van der Waals surface area contributed by atoms with E-state index in [2.05, 4.69) is 34.6 Å². The first kappa shape index (κ1) is 24.1. The molecule has 0 fully saturated rings. The molecule has 1 N–H and O–H groups in total. The Hall–Kier alpha value is -3.56. The Morgan fingerprint density at radius 1 is 1.21 bits per heavy atom. The third-order valence-electron chi connectivity index (χ3n) is 5.15. The fourth-order valence-electron chi connectivity index (χ4n) is 3.33. The van der Waals surface area contributed by atoms with E-state index in [9.17, 15) is 14.0 Å². The minimum Gasteiger partial charge on any atom is -0.467 e. The molecular weight excluding hydrogens is 427 g/mol. The number of halogens is 1. The number of carbonyl (C=O) groups is 2. The second-order valence-electron chi connectivity index (χ2n) is 8.15. The topological polar surface area (TPSA) is 106 Å². The number of hydrogen-bond acceptors (Lipinski definition) is 6. The lowest BCUT2D eigenvalue weighted by Gasteiger charge is -2.29. The molecule has 1 atom stereocenters. The van der Waals surface area contributed by atoms with E-state index in [0.717, 1.165) is 6.42 Å². The summed E-state index contributed by atoms with van der Waals surface area (Å²) in [5, 5.41) is 15.1. The first-order valence-electron chi connectivity index (χ1n) is 11.0. The first-order valence-corrected chi connectivity index (χ1v) is 11.0. The Labute approximate surface area is 192 Å². The molecule has 0 aliphatic rings. The van der Waals surface area contributed by atoms with Crippen molar-refractivity contribution in [2.24, 2.45) is 5.92 Å². The van der Waals surface area contributed by atoms with E-state index in [1.54, 1.807) is 12.1 Å². The van der Waals surface area contributed by atoms with Gasteiger partial charge in [0.2, 0.25) is 17.6 Å². The molecule has 2 heterocycles.